The van der Waals surface area contributed by atoms with Gasteiger partial charge in [-0.1, -0.05) is 30.3 Å². The summed E-state index contributed by atoms with van der Waals surface area (Å²) in [5, 5.41) is 0. The molecule has 3 aromatic rings. The summed E-state index contributed by atoms with van der Waals surface area (Å²) < 4.78 is 7.05. The fourth-order valence-corrected chi connectivity index (χ4v) is 3.15. The van der Waals surface area contributed by atoms with Crippen LogP contribution >= 0.6 is 0 Å². The molecule has 0 saturated carbocycles. The Kier molecular flexibility index (Phi) is 6.58. The first kappa shape index (κ1) is 22.5. The molecule has 1 heterocycles. The highest BCUT2D eigenvalue weighted by molar-refractivity contribution is 6.02. The number of nitrogens with zero attached hydrogens (tertiary/aromatic N) is 3. The maximum atomic E-state index is 12.7. The second-order valence-corrected chi connectivity index (χ2v) is 7.42. The summed E-state index contributed by atoms with van der Waals surface area (Å²) in [5.74, 6) is -1.77. The molecule has 0 radical (unpaired) electrons. The molecule has 0 fully saturated rings. The lowest BCUT2D eigenvalue weighted by Crippen LogP contribution is -2.43. The molecule has 32 heavy (non-hydrogen) atoms. The van der Waals surface area contributed by atoms with Gasteiger partial charge in [-0.3, -0.25) is 18.7 Å². The van der Waals surface area contributed by atoms with E-state index in [0.717, 1.165) is 20.4 Å². The molecule has 0 saturated heterocycles. The average Bonchev–Trinajstić information content (AvgIpc) is 2.79. The molecule has 0 aliphatic rings. The van der Waals surface area contributed by atoms with Crippen molar-refractivity contribution in [2.75, 3.05) is 31.3 Å². The Morgan fingerprint density at radius 2 is 1.62 bits per heavy atom. The van der Waals surface area contributed by atoms with Gasteiger partial charge in [-0.05, 0) is 29.8 Å². The van der Waals surface area contributed by atoms with Crippen LogP contribution in [0.1, 0.15) is 26.3 Å². The Morgan fingerprint density at radius 3 is 2.22 bits per heavy atom. The number of Topliss-reactive ketones (excluding diaryl/α,β-unsaturated/α-hetero) is 1. The minimum Gasteiger partial charge on any atom is -0.454 e. The van der Waals surface area contributed by atoms with Crippen molar-refractivity contribution in [2.45, 2.75) is 6.54 Å². The fourth-order valence-electron chi connectivity index (χ4n) is 3.15. The van der Waals surface area contributed by atoms with Gasteiger partial charge in [-0.15, -0.1) is 0 Å². The van der Waals surface area contributed by atoms with Crippen LogP contribution in [0, 0.1) is 0 Å². The van der Waals surface area contributed by atoms with Crippen molar-refractivity contribution in [2.24, 2.45) is 7.05 Å². The van der Waals surface area contributed by atoms with Gasteiger partial charge in [-0.2, -0.15) is 0 Å². The SMILES string of the molecule is CN(C)c1ccc(C(=O)OCC(=O)c2c(N)n(Cc3ccccc3)c(=O)n(C)c2=O)cc1. The van der Waals surface area contributed by atoms with Crippen LogP contribution in [0.4, 0.5) is 11.5 Å². The van der Waals surface area contributed by atoms with E-state index in [4.69, 9.17) is 10.5 Å². The van der Waals surface area contributed by atoms with E-state index in [2.05, 4.69) is 0 Å². The second kappa shape index (κ2) is 9.34. The van der Waals surface area contributed by atoms with Crippen LogP contribution in [-0.4, -0.2) is 41.6 Å². The van der Waals surface area contributed by atoms with E-state index in [1.165, 1.54) is 7.05 Å². The van der Waals surface area contributed by atoms with E-state index >= 15 is 0 Å². The van der Waals surface area contributed by atoms with E-state index in [1.807, 2.05) is 25.1 Å². The zero-order valence-electron chi connectivity index (χ0n) is 18.1. The summed E-state index contributed by atoms with van der Waals surface area (Å²) in [7, 11) is 5.00. The van der Waals surface area contributed by atoms with Gasteiger partial charge in [0.05, 0.1) is 12.1 Å². The van der Waals surface area contributed by atoms with E-state index in [0.29, 0.717) is 0 Å². The quantitative estimate of drug-likeness (QED) is 0.438. The van der Waals surface area contributed by atoms with Crippen molar-refractivity contribution in [1.82, 2.24) is 9.13 Å². The van der Waals surface area contributed by atoms with Crippen molar-refractivity contribution >= 4 is 23.3 Å². The summed E-state index contributed by atoms with van der Waals surface area (Å²) in [6, 6.07) is 15.7. The molecule has 0 atom stereocenters. The summed E-state index contributed by atoms with van der Waals surface area (Å²) in [6.45, 7) is -0.602. The lowest BCUT2D eigenvalue weighted by atomic mass is 10.1. The Balaban J connectivity index is 1.83. The van der Waals surface area contributed by atoms with Gasteiger partial charge in [-0.25, -0.2) is 9.59 Å². The minimum absolute atomic E-state index is 0.0813. The van der Waals surface area contributed by atoms with Crippen LogP contribution in [0.15, 0.2) is 64.2 Å². The zero-order valence-corrected chi connectivity index (χ0v) is 18.1. The third-order valence-electron chi connectivity index (χ3n) is 5.00. The summed E-state index contributed by atoms with van der Waals surface area (Å²) in [4.78, 5) is 52.1. The van der Waals surface area contributed by atoms with Gasteiger partial charge in [0.25, 0.3) is 5.56 Å². The van der Waals surface area contributed by atoms with Gasteiger partial charge < -0.3 is 15.4 Å². The normalized spacial score (nSPS) is 10.6. The van der Waals surface area contributed by atoms with Crippen molar-refractivity contribution in [3.63, 3.8) is 0 Å². The number of carbonyl (C=O) groups is 2. The molecule has 0 amide bonds. The van der Waals surface area contributed by atoms with Crippen molar-refractivity contribution < 1.29 is 14.3 Å². The number of ketones is 1. The maximum absolute atomic E-state index is 12.7. The monoisotopic (exact) mass is 436 g/mol. The molecular formula is C23H24N4O5. The molecule has 3 rings (SSSR count). The minimum atomic E-state index is -0.840. The first-order chi connectivity index (χ1) is 15.2. The van der Waals surface area contributed by atoms with E-state index in [1.54, 1.807) is 48.5 Å². The first-order valence-electron chi connectivity index (χ1n) is 9.81. The second-order valence-electron chi connectivity index (χ2n) is 7.42. The molecule has 0 aliphatic carbocycles. The number of benzene rings is 2. The molecule has 2 aromatic carbocycles. The predicted molar refractivity (Wildman–Crippen MR) is 121 cm³/mol. The van der Waals surface area contributed by atoms with Gasteiger partial charge in [0, 0.05) is 26.8 Å². The number of carbonyl (C=O) groups excluding carboxylic acids is 2. The smallest absolute Gasteiger partial charge is 0.338 e. The topological polar surface area (TPSA) is 117 Å². The molecule has 2 N–H and O–H groups in total. The molecule has 0 bridgehead atoms. The summed E-state index contributed by atoms with van der Waals surface area (Å²) in [5.41, 5.74) is 6.10. The molecule has 1 aromatic heterocycles. The lowest BCUT2D eigenvalue weighted by molar-refractivity contribution is 0.0474. The third kappa shape index (κ3) is 4.61. The van der Waals surface area contributed by atoms with Gasteiger partial charge in [0.1, 0.15) is 11.4 Å². The van der Waals surface area contributed by atoms with Crippen LogP contribution in [0.3, 0.4) is 0 Å². The Bertz CT molecular complexity index is 1260. The highest BCUT2D eigenvalue weighted by Gasteiger charge is 2.23. The van der Waals surface area contributed by atoms with E-state index in [-0.39, 0.29) is 17.9 Å². The molecule has 0 unspecified atom stereocenters. The Hall–Kier alpha value is -4.14. The molecule has 0 spiro atoms. The van der Waals surface area contributed by atoms with Gasteiger partial charge in [0.2, 0.25) is 5.78 Å². The average molecular weight is 436 g/mol. The number of esters is 1. The standard InChI is InChI=1S/C23H24N4O5/c1-25(2)17-11-9-16(10-12-17)22(30)32-14-18(28)19-20(24)27(23(31)26(3)21(19)29)13-15-7-5-4-6-8-15/h4-12H,13-14,24H2,1-3H3. The molecule has 9 heteroatoms. The van der Waals surface area contributed by atoms with Crippen LogP contribution in [0.5, 0.6) is 0 Å². The predicted octanol–water partition coefficient (Wildman–Crippen LogP) is 1.28. The van der Waals surface area contributed by atoms with Gasteiger partial charge >= 0.3 is 11.7 Å². The number of anilines is 2. The Morgan fingerprint density at radius 1 is 1.00 bits per heavy atom. The highest BCUT2D eigenvalue weighted by atomic mass is 16.5. The number of nitrogens with two attached hydrogens (primary N) is 1. The van der Waals surface area contributed by atoms with E-state index < -0.39 is 35.2 Å². The number of rotatable bonds is 7. The summed E-state index contributed by atoms with van der Waals surface area (Å²) in [6.07, 6.45) is 0. The van der Waals surface area contributed by atoms with Crippen LogP contribution in [0.2, 0.25) is 0 Å². The molecule has 9 nitrogen and oxygen atoms in total. The number of hydrogen-bond donors (Lipinski definition) is 1. The van der Waals surface area contributed by atoms with Crippen molar-refractivity contribution in [1.29, 1.82) is 0 Å². The molecule has 0 aliphatic heterocycles. The first-order valence-corrected chi connectivity index (χ1v) is 9.81. The largest absolute Gasteiger partial charge is 0.454 e. The van der Waals surface area contributed by atoms with Crippen LogP contribution < -0.4 is 21.9 Å². The lowest BCUT2D eigenvalue weighted by Gasteiger charge is -2.15. The third-order valence-corrected chi connectivity index (χ3v) is 5.00. The van der Waals surface area contributed by atoms with Crippen molar-refractivity contribution in [3.05, 3.63) is 92.1 Å². The highest BCUT2D eigenvalue weighted by Crippen LogP contribution is 2.14. The number of aromatic nitrogens is 2. The van der Waals surface area contributed by atoms with Crippen LogP contribution in [-0.2, 0) is 18.3 Å². The Labute approximate surface area is 184 Å². The molecular weight excluding hydrogens is 412 g/mol. The maximum Gasteiger partial charge on any atom is 0.338 e. The molecule has 166 valence electrons. The number of ether oxygens (including phenoxy) is 1. The zero-order chi connectivity index (χ0) is 23.4. The van der Waals surface area contributed by atoms with Crippen molar-refractivity contribution in [3.8, 4) is 0 Å². The number of hydrogen-bond acceptors (Lipinski definition) is 7. The number of nitrogen functional groups attached to an aromatic ring is 1. The summed E-state index contributed by atoms with van der Waals surface area (Å²) >= 11 is 0. The fraction of sp³-hybridized carbons (Fsp3) is 0.217. The van der Waals surface area contributed by atoms with Crippen LogP contribution in [0.25, 0.3) is 0 Å². The van der Waals surface area contributed by atoms with Gasteiger partial charge in [0.15, 0.2) is 6.61 Å². The van der Waals surface area contributed by atoms with E-state index in [9.17, 15) is 19.2 Å².